The Morgan fingerprint density at radius 2 is 1.89 bits per heavy atom. The number of methoxy groups -OCH3 is 1. The molecule has 0 spiro atoms. The molecule has 2 aromatic heterocycles. The third kappa shape index (κ3) is 2.91. The molecule has 2 N–H and O–H groups in total. The van der Waals surface area contributed by atoms with Crippen molar-refractivity contribution in [1.29, 1.82) is 0 Å². The number of aliphatic hydroxyl groups is 1. The number of nitrogens with one attached hydrogen (secondary N) is 1. The molecule has 27 heavy (non-hydrogen) atoms. The number of rotatable bonds is 6. The first-order chi connectivity index (χ1) is 13.1. The molecule has 4 fully saturated rings. The summed E-state index contributed by atoms with van der Waals surface area (Å²) in [6, 6.07) is 0. The number of aromatic nitrogens is 4. The van der Waals surface area contributed by atoms with Crippen molar-refractivity contribution >= 4 is 16.9 Å². The summed E-state index contributed by atoms with van der Waals surface area (Å²) in [5.41, 5.74) is 0.891. The van der Waals surface area contributed by atoms with Crippen LogP contribution in [0, 0.1) is 23.2 Å². The predicted octanol–water partition coefficient (Wildman–Crippen LogP) is 2.50. The predicted molar refractivity (Wildman–Crippen MR) is 102 cm³/mol. The summed E-state index contributed by atoms with van der Waals surface area (Å²) >= 11 is 0. The molecule has 4 saturated carbocycles. The fraction of sp³-hybridized carbons (Fsp3) is 0.750. The van der Waals surface area contributed by atoms with Crippen LogP contribution in [-0.4, -0.2) is 44.6 Å². The van der Waals surface area contributed by atoms with Crippen molar-refractivity contribution < 1.29 is 9.84 Å². The Hall–Kier alpha value is -1.73. The van der Waals surface area contributed by atoms with Crippen LogP contribution in [0.15, 0.2) is 6.20 Å². The van der Waals surface area contributed by atoms with Crippen molar-refractivity contribution in [3.63, 3.8) is 0 Å². The van der Waals surface area contributed by atoms with Gasteiger partial charge < -0.3 is 15.2 Å². The molecule has 146 valence electrons. The molecule has 2 aromatic rings. The standard InChI is InChI=1S/C20H29N5O2/c1-25-19-15(9-22-25)18(23-17(24-19)11-27-2)21-10-16(26)20-6-12-3-13(7-20)5-14(4-12)8-20/h9,12-14,16,26H,3-8,10-11H2,1-2H3,(H,21,23,24)/t12?,13?,14?,16-,20?/m0/s1. The van der Waals surface area contributed by atoms with E-state index in [-0.39, 0.29) is 11.5 Å². The Balaban J connectivity index is 1.37. The van der Waals surface area contributed by atoms with E-state index in [2.05, 4.69) is 20.4 Å². The molecule has 4 bridgehead atoms. The van der Waals surface area contributed by atoms with E-state index < -0.39 is 0 Å². The zero-order chi connectivity index (χ0) is 18.6. The van der Waals surface area contributed by atoms with Crippen LogP contribution in [0.4, 0.5) is 5.82 Å². The maximum atomic E-state index is 11.2. The largest absolute Gasteiger partial charge is 0.391 e. The van der Waals surface area contributed by atoms with Crippen molar-refractivity contribution in [3.8, 4) is 0 Å². The first-order valence-electron chi connectivity index (χ1n) is 10.2. The summed E-state index contributed by atoms with van der Waals surface area (Å²) in [6.07, 6.45) is 9.21. The molecule has 2 heterocycles. The van der Waals surface area contributed by atoms with Gasteiger partial charge in [-0.3, -0.25) is 4.68 Å². The summed E-state index contributed by atoms with van der Waals surface area (Å²) in [5.74, 6) is 3.87. The van der Waals surface area contributed by atoms with Gasteiger partial charge in [0.2, 0.25) is 0 Å². The highest BCUT2D eigenvalue weighted by Gasteiger charge is 2.53. The van der Waals surface area contributed by atoms with Crippen molar-refractivity contribution in [3.05, 3.63) is 12.0 Å². The molecule has 1 atom stereocenters. The SMILES string of the molecule is COCc1nc(NC[C@H](O)C23CC4CC(CC(C4)C2)C3)c2cnn(C)c2n1. The van der Waals surface area contributed by atoms with Crippen LogP contribution in [0.3, 0.4) is 0 Å². The third-order valence-corrected chi connectivity index (χ3v) is 7.17. The number of hydrogen-bond acceptors (Lipinski definition) is 6. The fourth-order valence-corrected chi connectivity index (χ4v) is 6.39. The third-order valence-electron chi connectivity index (χ3n) is 7.17. The van der Waals surface area contributed by atoms with Gasteiger partial charge >= 0.3 is 0 Å². The molecule has 0 saturated heterocycles. The molecule has 7 nitrogen and oxygen atoms in total. The lowest BCUT2D eigenvalue weighted by molar-refractivity contribution is -0.115. The number of nitrogens with zero attached hydrogens (tertiary/aromatic N) is 4. The lowest BCUT2D eigenvalue weighted by atomic mass is 9.48. The smallest absolute Gasteiger partial charge is 0.163 e. The van der Waals surface area contributed by atoms with Crippen LogP contribution < -0.4 is 5.32 Å². The van der Waals surface area contributed by atoms with Gasteiger partial charge in [0, 0.05) is 20.7 Å². The maximum Gasteiger partial charge on any atom is 0.163 e. The van der Waals surface area contributed by atoms with Gasteiger partial charge in [-0.25, -0.2) is 9.97 Å². The molecule has 0 amide bonds. The van der Waals surface area contributed by atoms with Gasteiger partial charge in [0.1, 0.15) is 12.4 Å². The first-order valence-corrected chi connectivity index (χ1v) is 10.2. The zero-order valence-corrected chi connectivity index (χ0v) is 16.2. The van der Waals surface area contributed by atoms with E-state index in [4.69, 9.17) is 4.74 Å². The number of ether oxygens (including phenoxy) is 1. The normalized spacial score (nSPS) is 32.9. The van der Waals surface area contributed by atoms with E-state index in [9.17, 15) is 5.11 Å². The lowest BCUT2D eigenvalue weighted by Crippen LogP contribution is -2.53. The number of aliphatic hydroxyl groups excluding tert-OH is 1. The van der Waals surface area contributed by atoms with Crippen LogP contribution in [0.5, 0.6) is 0 Å². The van der Waals surface area contributed by atoms with Gasteiger partial charge in [-0.15, -0.1) is 0 Å². The van der Waals surface area contributed by atoms with E-state index >= 15 is 0 Å². The highest BCUT2D eigenvalue weighted by molar-refractivity contribution is 5.86. The minimum atomic E-state index is -0.335. The number of hydrogen-bond donors (Lipinski definition) is 2. The van der Waals surface area contributed by atoms with Crippen molar-refractivity contribution in [1.82, 2.24) is 19.7 Å². The molecule has 4 aliphatic carbocycles. The lowest BCUT2D eigenvalue weighted by Gasteiger charge is -2.58. The topological polar surface area (TPSA) is 85.1 Å². The second-order valence-electron chi connectivity index (χ2n) is 9.10. The molecular weight excluding hydrogens is 342 g/mol. The summed E-state index contributed by atoms with van der Waals surface area (Å²) in [5, 5.41) is 19.8. The van der Waals surface area contributed by atoms with Gasteiger partial charge in [0.15, 0.2) is 11.5 Å². The molecule has 6 rings (SSSR count). The second kappa shape index (κ2) is 6.41. The molecule has 4 aliphatic rings. The van der Waals surface area contributed by atoms with Crippen LogP contribution >= 0.6 is 0 Å². The van der Waals surface area contributed by atoms with Crippen LogP contribution in [0.1, 0.15) is 44.3 Å². The molecular formula is C20H29N5O2. The van der Waals surface area contributed by atoms with Crippen LogP contribution in [0.25, 0.3) is 11.0 Å². The van der Waals surface area contributed by atoms with Crippen molar-refractivity contribution in [2.24, 2.45) is 30.2 Å². The number of fused-ring (bicyclic) bond motifs is 1. The highest BCUT2D eigenvalue weighted by Crippen LogP contribution is 2.61. The van der Waals surface area contributed by atoms with Crippen LogP contribution in [0.2, 0.25) is 0 Å². The van der Waals surface area contributed by atoms with E-state index in [1.54, 1.807) is 18.0 Å². The average Bonchev–Trinajstić information content (AvgIpc) is 3.00. The van der Waals surface area contributed by atoms with Crippen molar-refractivity contribution in [2.45, 2.75) is 51.2 Å². The van der Waals surface area contributed by atoms with E-state index in [1.165, 1.54) is 38.5 Å². The summed E-state index contributed by atoms with van der Waals surface area (Å²) in [4.78, 5) is 9.14. The van der Waals surface area contributed by atoms with E-state index in [0.29, 0.717) is 19.0 Å². The molecule has 0 radical (unpaired) electrons. The fourth-order valence-electron chi connectivity index (χ4n) is 6.39. The van der Waals surface area contributed by atoms with Crippen LogP contribution in [-0.2, 0) is 18.4 Å². The second-order valence-corrected chi connectivity index (χ2v) is 9.10. The van der Waals surface area contributed by atoms with Gasteiger partial charge in [0.25, 0.3) is 0 Å². The Kier molecular flexibility index (Phi) is 4.13. The van der Waals surface area contributed by atoms with Gasteiger partial charge in [-0.2, -0.15) is 5.10 Å². The summed E-state index contributed by atoms with van der Waals surface area (Å²) in [6.45, 7) is 0.882. The van der Waals surface area contributed by atoms with E-state index in [1.807, 2.05) is 7.05 Å². The van der Waals surface area contributed by atoms with Gasteiger partial charge in [-0.1, -0.05) is 0 Å². The molecule has 0 aromatic carbocycles. The first kappa shape index (κ1) is 17.4. The van der Waals surface area contributed by atoms with Gasteiger partial charge in [0.05, 0.1) is 17.7 Å². The summed E-state index contributed by atoms with van der Waals surface area (Å²) < 4.78 is 6.95. The monoisotopic (exact) mass is 371 g/mol. The minimum absolute atomic E-state index is 0.109. The highest BCUT2D eigenvalue weighted by atomic mass is 16.5. The Morgan fingerprint density at radius 3 is 2.52 bits per heavy atom. The Bertz CT molecular complexity index is 813. The molecule has 0 unspecified atom stereocenters. The Labute approximate surface area is 159 Å². The number of aryl methyl sites for hydroxylation is 1. The quantitative estimate of drug-likeness (QED) is 0.812. The maximum absolute atomic E-state index is 11.2. The van der Waals surface area contributed by atoms with Crippen molar-refractivity contribution in [2.75, 3.05) is 19.0 Å². The minimum Gasteiger partial charge on any atom is -0.391 e. The molecule has 0 aliphatic heterocycles. The Morgan fingerprint density at radius 1 is 1.22 bits per heavy atom. The summed E-state index contributed by atoms with van der Waals surface area (Å²) in [7, 11) is 3.51. The average molecular weight is 371 g/mol. The van der Waals surface area contributed by atoms with Gasteiger partial charge in [-0.05, 0) is 61.7 Å². The van der Waals surface area contributed by atoms with E-state index in [0.717, 1.165) is 34.6 Å². The zero-order valence-electron chi connectivity index (χ0n) is 16.2. The molecule has 7 heteroatoms. The number of anilines is 1.